The molecule has 26 heavy (non-hydrogen) atoms. The summed E-state index contributed by atoms with van der Waals surface area (Å²) in [6.45, 7) is 4.90. The molecule has 0 atom stereocenters. The van der Waals surface area contributed by atoms with Crippen molar-refractivity contribution in [2.45, 2.75) is 26.4 Å². The predicted molar refractivity (Wildman–Crippen MR) is 97.0 cm³/mol. The highest BCUT2D eigenvalue weighted by Crippen LogP contribution is 2.08. The smallest absolute Gasteiger partial charge is 0.191 e. The molecular weight excluding hydrogens is 340 g/mol. The van der Waals surface area contributed by atoms with E-state index in [4.69, 9.17) is 9.15 Å². The summed E-state index contributed by atoms with van der Waals surface area (Å²) < 4.78 is 37.0. The van der Waals surface area contributed by atoms with Crippen LogP contribution in [0.1, 0.15) is 24.7 Å². The van der Waals surface area contributed by atoms with Gasteiger partial charge in [-0.05, 0) is 49.6 Å². The van der Waals surface area contributed by atoms with E-state index < -0.39 is 11.6 Å². The number of hydrogen-bond acceptors (Lipinski definition) is 3. The maximum absolute atomic E-state index is 13.2. The number of halogens is 2. The van der Waals surface area contributed by atoms with Crippen molar-refractivity contribution in [3.8, 4) is 0 Å². The number of ether oxygens (including phenoxy) is 1. The zero-order valence-electron chi connectivity index (χ0n) is 14.9. The Labute approximate surface area is 152 Å². The SMILES string of the molecule is CCNC(=NCCCOCc1ccco1)NCCc1cc(F)cc(F)c1. The molecule has 0 amide bonds. The van der Waals surface area contributed by atoms with Crippen LogP contribution < -0.4 is 10.6 Å². The number of aliphatic imine (C=N–C) groups is 1. The number of nitrogens with one attached hydrogen (secondary N) is 2. The van der Waals surface area contributed by atoms with Gasteiger partial charge >= 0.3 is 0 Å². The highest BCUT2D eigenvalue weighted by Gasteiger charge is 2.02. The zero-order chi connectivity index (χ0) is 18.6. The molecule has 2 N–H and O–H groups in total. The molecule has 0 spiro atoms. The summed E-state index contributed by atoms with van der Waals surface area (Å²) in [4.78, 5) is 4.46. The molecule has 142 valence electrons. The number of nitrogens with zero attached hydrogens (tertiary/aromatic N) is 1. The topological polar surface area (TPSA) is 58.8 Å². The van der Waals surface area contributed by atoms with Gasteiger partial charge < -0.3 is 19.8 Å². The van der Waals surface area contributed by atoms with Gasteiger partial charge in [-0.2, -0.15) is 0 Å². The average Bonchev–Trinajstić information content (AvgIpc) is 3.10. The lowest BCUT2D eigenvalue weighted by Crippen LogP contribution is -2.38. The first kappa shape index (κ1) is 19.9. The third kappa shape index (κ3) is 7.65. The maximum atomic E-state index is 13.2. The summed E-state index contributed by atoms with van der Waals surface area (Å²) in [5.41, 5.74) is 0.608. The number of guanidine groups is 1. The van der Waals surface area contributed by atoms with E-state index in [1.165, 1.54) is 12.1 Å². The summed E-state index contributed by atoms with van der Waals surface area (Å²) in [6, 6.07) is 7.25. The van der Waals surface area contributed by atoms with Crippen molar-refractivity contribution in [2.24, 2.45) is 4.99 Å². The quantitative estimate of drug-likeness (QED) is 0.385. The van der Waals surface area contributed by atoms with Crippen molar-refractivity contribution < 1.29 is 17.9 Å². The summed E-state index contributed by atoms with van der Waals surface area (Å²) in [5.74, 6) is 0.359. The van der Waals surface area contributed by atoms with E-state index in [2.05, 4.69) is 15.6 Å². The van der Waals surface area contributed by atoms with E-state index in [1.54, 1.807) is 6.26 Å². The van der Waals surface area contributed by atoms with E-state index in [-0.39, 0.29) is 0 Å². The van der Waals surface area contributed by atoms with Crippen LogP contribution in [0, 0.1) is 11.6 Å². The Bertz CT molecular complexity index is 655. The van der Waals surface area contributed by atoms with Crippen molar-refractivity contribution in [2.75, 3.05) is 26.2 Å². The second kappa shape index (κ2) is 11.3. The normalized spacial score (nSPS) is 11.6. The van der Waals surface area contributed by atoms with Crippen LogP contribution in [0.5, 0.6) is 0 Å². The number of furan rings is 1. The fraction of sp³-hybridized carbons (Fsp3) is 0.421. The first-order valence-electron chi connectivity index (χ1n) is 8.74. The van der Waals surface area contributed by atoms with E-state index in [9.17, 15) is 8.78 Å². The van der Waals surface area contributed by atoms with E-state index in [0.29, 0.717) is 44.2 Å². The molecule has 7 heteroatoms. The molecular formula is C19H25F2N3O2. The molecule has 2 rings (SSSR count). The van der Waals surface area contributed by atoms with E-state index in [1.807, 2.05) is 19.1 Å². The van der Waals surface area contributed by atoms with Crippen molar-refractivity contribution in [3.05, 3.63) is 59.6 Å². The van der Waals surface area contributed by atoms with Gasteiger partial charge in [0.25, 0.3) is 0 Å². The molecule has 0 bridgehead atoms. The Morgan fingerprint density at radius 3 is 2.69 bits per heavy atom. The highest BCUT2D eigenvalue weighted by molar-refractivity contribution is 5.79. The summed E-state index contributed by atoms with van der Waals surface area (Å²) in [5, 5.41) is 6.30. The Kier molecular flexibility index (Phi) is 8.62. The van der Waals surface area contributed by atoms with Crippen LogP contribution in [0.15, 0.2) is 46.0 Å². The van der Waals surface area contributed by atoms with Crippen LogP contribution in [0.25, 0.3) is 0 Å². The lowest BCUT2D eigenvalue weighted by atomic mass is 10.1. The van der Waals surface area contributed by atoms with Gasteiger partial charge in [0.1, 0.15) is 24.0 Å². The fourth-order valence-electron chi connectivity index (χ4n) is 2.35. The Hall–Kier alpha value is -2.41. The molecule has 0 aliphatic heterocycles. The van der Waals surface area contributed by atoms with Crippen molar-refractivity contribution in [1.82, 2.24) is 10.6 Å². The lowest BCUT2D eigenvalue weighted by Gasteiger charge is -2.11. The summed E-state index contributed by atoms with van der Waals surface area (Å²) in [7, 11) is 0. The van der Waals surface area contributed by atoms with Gasteiger partial charge in [-0.3, -0.25) is 4.99 Å². The molecule has 0 unspecified atom stereocenters. The van der Waals surface area contributed by atoms with Gasteiger partial charge in [0.15, 0.2) is 5.96 Å². The first-order chi connectivity index (χ1) is 12.7. The van der Waals surface area contributed by atoms with Crippen LogP contribution in [0.4, 0.5) is 8.78 Å². The molecule has 5 nitrogen and oxygen atoms in total. The number of rotatable bonds is 10. The van der Waals surface area contributed by atoms with Gasteiger partial charge in [0.05, 0.1) is 6.26 Å². The van der Waals surface area contributed by atoms with E-state index >= 15 is 0 Å². The van der Waals surface area contributed by atoms with Gasteiger partial charge in [-0.15, -0.1) is 0 Å². The number of benzene rings is 1. The molecule has 1 aromatic heterocycles. The second-order valence-corrected chi connectivity index (χ2v) is 5.70. The molecule has 0 radical (unpaired) electrons. The minimum absolute atomic E-state index is 0.458. The monoisotopic (exact) mass is 365 g/mol. The van der Waals surface area contributed by atoms with Gasteiger partial charge in [0, 0.05) is 32.3 Å². The van der Waals surface area contributed by atoms with Crippen molar-refractivity contribution >= 4 is 5.96 Å². The number of hydrogen-bond donors (Lipinski definition) is 2. The summed E-state index contributed by atoms with van der Waals surface area (Å²) in [6.07, 6.45) is 2.91. The molecule has 0 saturated carbocycles. The second-order valence-electron chi connectivity index (χ2n) is 5.70. The Balaban J connectivity index is 1.66. The lowest BCUT2D eigenvalue weighted by molar-refractivity contribution is 0.105. The minimum atomic E-state index is -0.560. The highest BCUT2D eigenvalue weighted by atomic mass is 19.1. The zero-order valence-corrected chi connectivity index (χ0v) is 14.9. The summed E-state index contributed by atoms with van der Waals surface area (Å²) >= 11 is 0. The van der Waals surface area contributed by atoms with Crippen LogP contribution in [0.2, 0.25) is 0 Å². The van der Waals surface area contributed by atoms with Crippen molar-refractivity contribution in [1.29, 1.82) is 0 Å². The first-order valence-corrected chi connectivity index (χ1v) is 8.74. The molecule has 2 aromatic rings. The fourth-order valence-corrected chi connectivity index (χ4v) is 2.35. The molecule has 0 aliphatic carbocycles. The minimum Gasteiger partial charge on any atom is -0.467 e. The molecule has 0 saturated heterocycles. The largest absolute Gasteiger partial charge is 0.467 e. The third-order valence-electron chi connectivity index (χ3n) is 3.51. The van der Waals surface area contributed by atoms with Crippen LogP contribution in [-0.4, -0.2) is 32.2 Å². The molecule has 1 aromatic carbocycles. The van der Waals surface area contributed by atoms with Gasteiger partial charge in [-0.1, -0.05) is 0 Å². The molecule has 0 aliphatic rings. The van der Waals surface area contributed by atoms with E-state index in [0.717, 1.165) is 24.8 Å². The standard InChI is InChI=1S/C19H25F2N3O2/c1-2-22-19(23-7-4-9-25-14-18-5-3-10-26-18)24-8-6-15-11-16(20)13-17(21)12-15/h3,5,10-13H,2,4,6-9,14H2,1H3,(H2,22,23,24). The maximum Gasteiger partial charge on any atom is 0.191 e. The average molecular weight is 365 g/mol. The third-order valence-corrected chi connectivity index (χ3v) is 3.51. The van der Waals surface area contributed by atoms with Gasteiger partial charge in [0.2, 0.25) is 0 Å². The van der Waals surface area contributed by atoms with Crippen LogP contribution >= 0.6 is 0 Å². The predicted octanol–water partition coefficient (Wildman–Crippen LogP) is 3.26. The molecule has 1 heterocycles. The van der Waals surface area contributed by atoms with Crippen LogP contribution in [0.3, 0.4) is 0 Å². The Morgan fingerprint density at radius 1 is 1.19 bits per heavy atom. The van der Waals surface area contributed by atoms with Crippen LogP contribution in [-0.2, 0) is 17.8 Å². The Morgan fingerprint density at radius 2 is 2.00 bits per heavy atom. The van der Waals surface area contributed by atoms with Gasteiger partial charge in [-0.25, -0.2) is 8.78 Å². The van der Waals surface area contributed by atoms with Crippen molar-refractivity contribution in [3.63, 3.8) is 0 Å². The molecule has 0 fully saturated rings.